The number of ether oxygens (including phenoxy) is 1. The second-order valence-corrected chi connectivity index (χ2v) is 6.73. The summed E-state index contributed by atoms with van der Waals surface area (Å²) in [6.07, 6.45) is -5.15. The van der Waals surface area contributed by atoms with Gasteiger partial charge in [0.05, 0.1) is 11.6 Å². The summed E-state index contributed by atoms with van der Waals surface area (Å²) >= 11 is 0. The predicted molar refractivity (Wildman–Crippen MR) is 97.3 cm³/mol. The first-order chi connectivity index (χ1) is 13.4. The number of hydrogen-bond acceptors (Lipinski definition) is 3. The van der Waals surface area contributed by atoms with E-state index in [-0.39, 0.29) is 13.2 Å². The van der Waals surface area contributed by atoms with Crippen LogP contribution in [0.5, 0.6) is 5.75 Å². The standard InChI is InChI=1S/C20H21F5N2O2/c1-19(21,22)10-17(26)18(28)27-11-14-3-2-4-16(9-14)29-12-13-5-7-15(8-6-13)20(23,24)25/h2-9,17H,10-12,26H2,1H3,(H,27,28). The lowest BCUT2D eigenvalue weighted by Crippen LogP contribution is -2.43. The zero-order chi connectivity index (χ0) is 21.7. The van der Waals surface area contributed by atoms with Crippen molar-refractivity contribution in [1.29, 1.82) is 0 Å². The summed E-state index contributed by atoms with van der Waals surface area (Å²) in [5.74, 6) is -3.29. The molecular formula is C20H21F5N2O2. The Morgan fingerprint density at radius 3 is 2.31 bits per heavy atom. The average Bonchev–Trinajstić information content (AvgIpc) is 2.63. The molecule has 4 nitrogen and oxygen atoms in total. The second kappa shape index (κ2) is 9.21. The SMILES string of the molecule is CC(F)(F)CC(N)C(=O)NCc1cccc(OCc2ccc(C(F)(F)F)cc2)c1. The summed E-state index contributed by atoms with van der Waals surface area (Å²) in [5.41, 5.74) is 5.93. The molecule has 0 heterocycles. The molecule has 9 heteroatoms. The Labute approximate surface area is 164 Å². The van der Waals surface area contributed by atoms with Crippen molar-refractivity contribution in [3.63, 3.8) is 0 Å². The first kappa shape index (κ1) is 22.6. The molecule has 0 radical (unpaired) electrons. The Hall–Kier alpha value is -2.68. The Morgan fingerprint density at radius 1 is 1.07 bits per heavy atom. The molecule has 0 saturated carbocycles. The van der Waals surface area contributed by atoms with Crippen molar-refractivity contribution in [3.8, 4) is 5.75 Å². The number of nitrogens with two attached hydrogens (primary N) is 1. The third-order valence-electron chi connectivity index (χ3n) is 3.97. The van der Waals surface area contributed by atoms with Crippen LogP contribution in [0.25, 0.3) is 0 Å². The molecule has 2 aromatic carbocycles. The summed E-state index contributed by atoms with van der Waals surface area (Å²) in [4.78, 5) is 11.8. The monoisotopic (exact) mass is 416 g/mol. The molecule has 0 aliphatic carbocycles. The fourth-order valence-electron chi connectivity index (χ4n) is 2.50. The maximum absolute atomic E-state index is 12.9. The summed E-state index contributed by atoms with van der Waals surface area (Å²) < 4.78 is 69.1. The number of benzene rings is 2. The fourth-order valence-corrected chi connectivity index (χ4v) is 2.50. The van der Waals surface area contributed by atoms with E-state index in [0.29, 0.717) is 23.8 Å². The van der Waals surface area contributed by atoms with Crippen LogP contribution in [-0.2, 0) is 24.1 Å². The van der Waals surface area contributed by atoms with Crippen LogP contribution >= 0.6 is 0 Å². The maximum atomic E-state index is 12.9. The number of hydrogen-bond donors (Lipinski definition) is 2. The minimum absolute atomic E-state index is 0.0599. The van der Waals surface area contributed by atoms with Gasteiger partial charge in [0.15, 0.2) is 0 Å². The van der Waals surface area contributed by atoms with Gasteiger partial charge in [-0.25, -0.2) is 8.78 Å². The first-order valence-corrected chi connectivity index (χ1v) is 8.73. The molecule has 0 bridgehead atoms. The minimum atomic E-state index is -4.40. The van der Waals surface area contributed by atoms with E-state index < -0.39 is 36.0 Å². The van der Waals surface area contributed by atoms with Crippen LogP contribution in [0.15, 0.2) is 48.5 Å². The molecule has 3 N–H and O–H groups in total. The third kappa shape index (κ3) is 7.69. The molecule has 158 valence electrons. The van der Waals surface area contributed by atoms with Crippen LogP contribution in [0.3, 0.4) is 0 Å². The number of nitrogens with one attached hydrogen (secondary N) is 1. The fraction of sp³-hybridized carbons (Fsp3) is 0.350. The van der Waals surface area contributed by atoms with E-state index in [1.807, 2.05) is 0 Å². The third-order valence-corrected chi connectivity index (χ3v) is 3.97. The van der Waals surface area contributed by atoms with E-state index in [0.717, 1.165) is 12.1 Å². The molecule has 1 amide bonds. The molecule has 2 rings (SSSR count). The zero-order valence-electron chi connectivity index (χ0n) is 15.6. The van der Waals surface area contributed by atoms with E-state index in [4.69, 9.17) is 10.5 Å². The Morgan fingerprint density at radius 2 is 1.72 bits per heavy atom. The smallest absolute Gasteiger partial charge is 0.416 e. The second-order valence-electron chi connectivity index (χ2n) is 6.73. The van der Waals surface area contributed by atoms with E-state index in [1.165, 1.54) is 12.1 Å². The Kier molecular flexibility index (Phi) is 7.18. The van der Waals surface area contributed by atoms with Gasteiger partial charge in [-0.3, -0.25) is 4.79 Å². The van der Waals surface area contributed by atoms with Gasteiger partial charge >= 0.3 is 6.18 Å². The summed E-state index contributed by atoms with van der Waals surface area (Å²) in [7, 11) is 0. The van der Waals surface area contributed by atoms with Gasteiger partial charge in [0.1, 0.15) is 12.4 Å². The summed E-state index contributed by atoms with van der Waals surface area (Å²) in [6.45, 7) is 0.821. The molecule has 1 unspecified atom stereocenters. The highest BCUT2D eigenvalue weighted by molar-refractivity contribution is 5.81. The molecule has 0 saturated heterocycles. The minimum Gasteiger partial charge on any atom is -0.489 e. The van der Waals surface area contributed by atoms with Crippen molar-refractivity contribution in [2.24, 2.45) is 5.73 Å². The molecule has 0 aromatic heterocycles. The summed E-state index contributed by atoms with van der Waals surface area (Å²) in [6, 6.07) is 9.95. The topological polar surface area (TPSA) is 64.4 Å². The van der Waals surface area contributed by atoms with E-state index in [2.05, 4.69) is 5.32 Å². The van der Waals surface area contributed by atoms with Crippen molar-refractivity contribution in [2.75, 3.05) is 0 Å². The Bertz CT molecular complexity index is 817. The van der Waals surface area contributed by atoms with Crippen LogP contribution in [0.2, 0.25) is 0 Å². The van der Waals surface area contributed by atoms with Gasteiger partial charge in [0, 0.05) is 13.0 Å². The van der Waals surface area contributed by atoms with Crippen molar-refractivity contribution in [1.82, 2.24) is 5.32 Å². The van der Waals surface area contributed by atoms with Crippen LogP contribution in [0.4, 0.5) is 22.0 Å². The highest BCUT2D eigenvalue weighted by Crippen LogP contribution is 2.29. The van der Waals surface area contributed by atoms with E-state index in [9.17, 15) is 26.7 Å². The predicted octanol–water partition coefficient (Wildman–Crippen LogP) is 4.27. The van der Waals surface area contributed by atoms with E-state index >= 15 is 0 Å². The van der Waals surface area contributed by atoms with Crippen LogP contribution < -0.4 is 15.8 Å². The number of amides is 1. The van der Waals surface area contributed by atoms with E-state index in [1.54, 1.807) is 24.3 Å². The lowest BCUT2D eigenvalue weighted by molar-refractivity contribution is -0.137. The van der Waals surface area contributed by atoms with Gasteiger partial charge in [-0.15, -0.1) is 0 Å². The number of halogens is 5. The summed E-state index contributed by atoms with van der Waals surface area (Å²) in [5, 5.41) is 2.48. The van der Waals surface area contributed by atoms with Gasteiger partial charge in [-0.2, -0.15) is 13.2 Å². The molecular weight excluding hydrogens is 395 g/mol. The quantitative estimate of drug-likeness (QED) is 0.632. The highest BCUT2D eigenvalue weighted by Gasteiger charge is 2.30. The van der Waals surface area contributed by atoms with Gasteiger partial charge in [0.2, 0.25) is 11.8 Å². The number of carbonyl (C=O) groups is 1. The number of rotatable bonds is 8. The highest BCUT2D eigenvalue weighted by atomic mass is 19.4. The molecule has 1 atom stereocenters. The van der Waals surface area contributed by atoms with Crippen LogP contribution in [0.1, 0.15) is 30.0 Å². The van der Waals surface area contributed by atoms with Crippen LogP contribution in [0, 0.1) is 0 Å². The van der Waals surface area contributed by atoms with Gasteiger partial charge in [0.25, 0.3) is 0 Å². The Balaban J connectivity index is 1.88. The largest absolute Gasteiger partial charge is 0.489 e. The molecule has 0 fully saturated rings. The normalized spacial score (nSPS) is 13.1. The van der Waals surface area contributed by atoms with Gasteiger partial charge in [-0.05, 0) is 42.3 Å². The van der Waals surface area contributed by atoms with Gasteiger partial charge < -0.3 is 15.8 Å². The van der Waals surface area contributed by atoms with Crippen molar-refractivity contribution < 1.29 is 31.5 Å². The van der Waals surface area contributed by atoms with Crippen LogP contribution in [-0.4, -0.2) is 17.9 Å². The van der Waals surface area contributed by atoms with Crippen molar-refractivity contribution in [3.05, 3.63) is 65.2 Å². The first-order valence-electron chi connectivity index (χ1n) is 8.73. The van der Waals surface area contributed by atoms with Crippen molar-refractivity contribution in [2.45, 2.75) is 44.6 Å². The molecule has 29 heavy (non-hydrogen) atoms. The molecule has 0 aliphatic heterocycles. The van der Waals surface area contributed by atoms with Gasteiger partial charge in [-0.1, -0.05) is 24.3 Å². The maximum Gasteiger partial charge on any atom is 0.416 e. The number of carbonyl (C=O) groups excluding carboxylic acids is 1. The van der Waals surface area contributed by atoms with Crippen molar-refractivity contribution >= 4 is 5.91 Å². The number of alkyl halides is 5. The molecule has 0 spiro atoms. The zero-order valence-corrected chi connectivity index (χ0v) is 15.6. The molecule has 0 aliphatic rings. The molecule has 2 aromatic rings. The average molecular weight is 416 g/mol. The lowest BCUT2D eigenvalue weighted by atomic mass is 10.1. The lowest BCUT2D eigenvalue weighted by Gasteiger charge is -2.16.